The summed E-state index contributed by atoms with van der Waals surface area (Å²) in [7, 11) is 7.19. The normalized spacial score (nSPS) is 18.1. The fraction of sp³-hybridized carbons (Fsp3) is 0.633. The zero-order valence-corrected chi connectivity index (χ0v) is 31.2. The number of nitrogens with two attached hydrogens (primary N) is 1. The van der Waals surface area contributed by atoms with E-state index < -0.39 is 30.0 Å². The van der Waals surface area contributed by atoms with Crippen LogP contribution in [-0.2, 0) is 33.2 Å². The maximum atomic E-state index is 12.2. The van der Waals surface area contributed by atoms with Crippen LogP contribution in [0.5, 0.6) is 5.75 Å². The van der Waals surface area contributed by atoms with Gasteiger partial charge in [0.25, 0.3) is 18.8 Å². The third-order valence-corrected chi connectivity index (χ3v) is 9.53. The summed E-state index contributed by atoms with van der Waals surface area (Å²) in [6.07, 6.45) is 1.79. The molecule has 5 N–H and O–H groups in total. The van der Waals surface area contributed by atoms with E-state index in [1.807, 2.05) is 12.5 Å². The fourth-order valence-corrected chi connectivity index (χ4v) is 6.60. The molecule has 273 valence electrons. The van der Waals surface area contributed by atoms with E-state index in [0.717, 1.165) is 0 Å². The van der Waals surface area contributed by atoms with Crippen LogP contribution in [0.3, 0.4) is 0 Å². The van der Waals surface area contributed by atoms with Gasteiger partial charge in [0.2, 0.25) is 5.91 Å². The number of rotatable bonds is 23. The van der Waals surface area contributed by atoms with Gasteiger partial charge in [0.05, 0.1) is 38.6 Å². The van der Waals surface area contributed by atoms with E-state index in [9.17, 15) is 19.5 Å². The second-order valence-electron chi connectivity index (χ2n) is 10.2. The minimum atomic E-state index is -0.945. The quantitative estimate of drug-likeness (QED) is 0.0318. The minimum absolute atomic E-state index is 0.100. The summed E-state index contributed by atoms with van der Waals surface area (Å²) >= 11 is 0. The van der Waals surface area contributed by atoms with Gasteiger partial charge in [-0.1, -0.05) is 44.4 Å². The Kier molecular flexibility index (Phi) is 22.8. The molecular weight excluding hydrogens is 717 g/mol. The number of aliphatic hydroxyl groups is 1. The van der Waals surface area contributed by atoms with Crippen molar-refractivity contribution in [2.45, 2.75) is 55.6 Å². The zero-order chi connectivity index (χ0) is 35.9. The molecule has 49 heavy (non-hydrogen) atoms. The van der Waals surface area contributed by atoms with Gasteiger partial charge in [-0.2, -0.15) is 5.82 Å². The molecule has 0 aliphatic carbocycles. The highest BCUT2D eigenvalue weighted by molar-refractivity contribution is 8.76. The lowest BCUT2D eigenvalue weighted by atomic mass is 9.71. The minimum Gasteiger partial charge on any atom is -0.490 e. The summed E-state index contributed by atoms with van der Waals surface area (Å²) in [4.78, 5) is 36.2. The van der Waals surface area contributed by atoms with Crippen molar-refractivity contribution in [1.82, 2.24) is 10.6 Å². The third kappa shape index (κ3) is 18.7. The first-order chi connectivity index (χ1) is 23.7. The zero-order valence-electron chi connectivity index (χ0n) is 28.0. The number of amides is 2. The van der Waals surface area contributed by atoms with E-state index in [2.05, 4.69) is 22.4 Å². The lowest BCUT2D eigenvalue weighted by Gasteiger charge is -2.23. The van der Waals surface area contributed by atoms with E-state index in [1.165, 1.54) is 43.2 Å². The van der Waals surface area contributed by atoms with Gasteiger partial charge in [-0.05, 0) is 61.8 Å². The van der Waals surface area contributed by atoms with Crippen LogP contribution in [0.25, 0.3) is 0 Å². The largest absolute Gasteiger partial charge is 0.511 e. The first-order valence-electron chi connectivity index (χ1n) is 15.4. The van der Waals surface area contributed by atoms with Gasteiger partial charge in [0, 0.05) is 24.7 Å². The molecule has 0 aromatic heterocycles. The Morgan fingerprint density at radius 2 is 1.94 bits per heavy atom. The molecular formula is C30H45BN3O11S4. The van der Waals surface area contributed by atoms with E-state index in [4.69, 9.17) is 38.9 Å². The van der Waals surface area contributed by atoms with Gasteiger partial charge in [-0.25, -0.2) is 4.79 Å². The average molecular weight is 763 g/mol. The molecule has 5 atom stereocenters. The summed E-state index contributed by atoms with van der Waals surface area (Å²) < 4.78 is 39.0. The second kappa shape index (κ2) is 25.9. The molecule has 0 spiro atoms. The van der Waals surface area contributed by atoms with Gasteiger partial charge >= 0.3 is 6.16 Å². The molecule has 14 nitrogen and oxygen atoms in total. The van der Waals surface area contributed by atoms with Gasteiger partial charge < -0.3 is 54.6 Å². The molecule has 2 rings (SSSR count). The van der Waals surface area contributed by atoms with Crippen molar-refractivity contribution in [3.05, 3.63) is 29.8 Å². The van der Waals surface area contributed by atoms with Crippen LogP contribution in [0.1, 0.15) is 30.6 Å². The van der Waals surface area contributed by atoms with Crippen molar-refractivity contribution in [2.75, 3.05) is 65.2 Å². The summed E-state index contributed by atoms with van der Waals surface area (Å²) in [5.74, 6) is 5.67. The predicted molar refractivity (Wildman–Crippen MR) is 194 cm³/mol. The highest BCUT2D eigenvalue weighted by Crippen LogP contribution is 2.32. The van der Waals surface area contributed by atoms with Gasteiger partial charge in [-0.3, -0.25) is 9.59 Å². The van der Waals surface area contributed by atoms with Crippen molar-refractivity contribution >= 4 is 68.4 Å². The lowest BCUT2D eigenvalue weighted by Crippen LogP contribution is -2.32. The molecule has 1 radical (unpaired) electrons. The molecule has 1 aliphatic rings. The molecule has 1 aromatic carbocycles. The Bertz CT molecular complexity index is 1200. The molecule has 0 saturated carbocycles. The number of aliphatic hydroxyl groups excluding tert-OH is 1. The maximum Gasteiger partial charge on any atom is 0.511 e. The molecule has 1 fully saturated rings. The topological polar surface area (TPSA) is 186 Å². The lowest BCUT2D eigenvalue weighted by molar-refractivity contribution is -0.126. The summed E-state index contributed by atoms with van der Waals surface area (Å²) in [5.41, 5.74) is 4.67. The Morgan fingerprint density at radius 1 is 1.14 bits per heavy atom. The standard InChI is InChI=1S/C30H45BN3O11S4/c1-20(2)42-29(38)45-30(49-47-4)44-23-16-25(43-24(23)17-35)31-9-6-11-33-26(36)18-39-13-14-40-27(48-46-3)19-41-22-8-5-7-21(15-22)28(37)34-12-10-32/h5,7-8,15,20,23-25,27,30,35H,10-14,16-19,32H2,1-4H3,(H,33,36)(H,34,37)/t23-,24?,25-,27?,30+/m1/s1. The number of hydrogen-bond acceptors (Lipinski definition) is 16. The summed E-state index contributed by atoms with van der Waals surface area (Å²) in [6, 6.07) is 6.44. The summed E-state index contributed by atoms with van der Waals surface area (Å²) in [5, 5.41) is 15.1. The van der Waals surface area contributed by atoms with Crippen LogP contribution in [0.4, 0.5) is 4.79 Å². The molecule has 1 saturated heterocycles. The number of ether oxygens (including phenoxy) is 7. The van der Waals surface area contributed by atoms with Gasteiger partial charge in [0.1, 0.15) is 30.5 Å². The van der Waals surface area contributed by atoms with Crippen LogP contribution < -0.4 is 21.1 Å². The van der Waals surface area contributed by atoms with Crippen LogP contribution in [0.2, 0.25) is 0 Å². The van der Waals surface area contributed by atoms with E-state index in [0.29, 0.717) is 30.8 Å². The second-order valence-corrected chi connectivity index (χ2v) is 15.3. The van der Waals surface area contributed by atoms with E-state index in [-0.39, 0.29) is 62.9 Å². The third-order valence-electron chi connectivity index (χ3n) is 6.02. The van der Waals surface area contributed by atoms with Crippen molar-refractivity contribution in [1.29, 1.82) is 0 Å². The monoisotopic (exact) mass is 762 g/mol. The molecule has 19 heteroatoms. The average Bonchev–Trinajstić information content (AvgIpc) is 3.46. The summed E-state index contributed by atoms with van der Waals surface area (Å²) in [6.45, 7) is 4.52. The maximum absolute atomic E-state index is 12.2. The van der Waals surface area contributed by atoms with Crippen molar-refractivity contribution in [3.8, 4) is 17.5 Å². The van der Waals surface area contributed by atoms with E-state index >= 15 is 0 Å². The molecule has 1 aromatic rings. The number of nitrogens with one attached hydrogen (secondary N) is 2. The van der Waals surface area contributed by atoms with Crippen molar-refractivity contribution in [2.24, 2.45) is 5.73 Å². The highest BCUT2D eigenvalue weighted by Gasteiger charge is 2.38. The number of benzene rings is 1. The highest BCUT2D eigenvalue weighted by atomic mass is 33.1. The Morgan fingerprint density at radius 3 is 2.65 bits per heavy atom. The molecule has 2 unspecified atom stereocenters. The van der Waals surface area contributed by atoms with Crippen LogP contribution in [0, 0.1) is 11.7 Å². The number of hydrogen-bond donors (Lipinski definition) is 4. The van der Waals surface area contributed by atoms with Gasteiger partial charge in [-0.15, -0.1) is 0 Å². The smallest absolute Gasteiger partial charge is 0.490 e. The van der Waals surface area contributed by atoms with Crippen LogP contribution in [-0.4, -0.2) is 131 Å². The molecule has 2 amide bonds. The van der Waals surface area contributed by atoms with E-state index in [1.54, 1.807) is 45.4 Å². The predicted octanol–water partition coefficient (Wildman–Crippen LogP) is 2.25. The Balaban J connectivity index is 1.64. The van der Waals surface area contributed by atoms with Crippen LogP contribution in [0.15, 0.2) is 24.3 Å². The molecule has 0 bridgehead atoms. The first-order valence-corrected chi connectivity index (χ1v) is 20.6. The SMILES string of the molecule is CSSC(COc1cccc(C(=O)NCCN)c1)OCCOCC(=O)NCC#C[B][C@H]1C[C@@H](O[C@@H](OC(=O)OC(C)C)SSC)C(CO)O1. The van der Waals surface area contributed by atoms with Gasteiger partial charge in [0.15, 0.2) is 0 Å². The van der Waals surface area contributed by atoms with Crippen molar-refractivity contribution < 1.29 is 52.6 Å². The Hall–Kier alpha value is -1.99. The number of carbonyl (C=O) groups is 3. The Labute approximate surface area is 304 Å². The van der Waals surface area contributed by atoms with Crippen molar-refractivity contribution in [3.63, 3.8) is 0 Å². The fourth-order valence-electron chi connectivity index (χ4n) is 3.94. The molecule has 1 aliphatic heterocycles. The number of carbonyl (C=O) groups excluding carboxylic acids is 3. The van der Waals surface area contributed by atoms with Crippen LogP contribution >= 0.6 is 43.2 Å². The first kappa shape index (κ1) is 43.2. The molecule has 1 heterocycles.